The van der Waals surface area contributed by atoms with Gasteiger partial charge >= 0.3 is 0 Å². The molecule has 8 heteroatoms. The van der Waals surface area contributed by atoms with Crippen molar-refractivity contribution in [2.75, 3.05) is 25.1 Å². The molecule has 0 fully saturated rings. The first-order valence-corrected chi connectivity index (χ1v) is 11.5. The lowest BCUT2D eigenvalue weighted by molar-refractivity contribution is 0.0738. The zero-order chi connectivity index (χ0) is 22.7. The number of fused-ring (bicyclic) bond motifs is 1. The van der Waals surface area contributed by atoms with Crippen LogP contribution in [-0.4, -0.2) is 36.5 Å². The van der Waals surface area contributed by atoms with Gasteiger partial charge in [0.2, 0.25) is 0 Å². The van der Waals surface area contributed by atoms with E-state index >= 15 is 0 Å². The van der Waals surface area contributed by atoms with Crippen LogP contribution in [-0.2, 0) is 13.0 Å². The minimum Gasteiger partial charge on any atom is -0.490 e. The van der Waals surface area contributed by atoms with E-state index in [0.29, 0.717) is 41.9 Å². The van der Waals surface area contributed by atoms with Crippen molar-refractivity contribution < 1.29 is 23.5 Å². The van der Waals surface area contributed by atoms with Crippen molar-refractivity contribution in [2.45, 2.75) is 33.7 Å². The van der Waals surface area contributed by atoms with Crippen LogP contribution in [0.1, 0.15) is 50.8 Å². The number of hydrogen-bond acceptors (Lipinski definition) is 6. The van der Waals surface area contributed by atoms with Crippen molar-refractivity contribution >= 4 is 28.2 Å². The van der Waals surface area contributed by atoms with E-state index in [2.05, 4.69) is 5.32 Å². The third kappa shape index (κ3) is 4.50. The Hall–Kier alpha value is -3.26. The van der Waals surface area contributed by atoms with E-state index in [-0.39, 0.29) is 17.6 Å². The molecule has 0 aliphatic carbocycles. The molecule has 2 amide bonds. The Bertz CT molecular complexity index is 1120. The maximum absolute atomic E-state index is 13.3. The van der Waals surface area contributed by atoms with E-state index in [1.54, 1.807) is 12.1 Å². The Morgan fingerprint density at radius 1 is 1.12 bits per heavy atom. The van der Waals surface area contributed by atoms with Gasteiger partial charge in [-0.05, 0) is 74.2 Å². The first-order chi connectivity index (χ1) is 15.5. The highest BCUT2D eigenvalue weighted by atomic mass is 32.1. The Balaban J connectivity index is 1.51. The maximum Gasteiger partial charge on any atom is 0.291 e. The van der Waals surface area contributed by atoms with Gasteiger partial charge in [-0.2, -0.15) is 0 Å². The van der Waals surface area contributed by atoms with Crippen molar-refractivity contribution in [3.05, 3.63) is 63.9 Å². The van der Waals surface area contributed by atoms with E-state index in [9.17, 15) is 9.59 Å². The fraction of sp³-hybridized carbons (Fsp3) is 0.333. The van der Waals surface area contributed by atoms with Crippen molar-refractivity contribution in [3.8, 4) is 11.5 Å². The van der Waals surface area contributed by atoms with Gasteiger partial charge in [-0.1, -0.05) is 0 Å². The summed E-state index contributed by atoms with van der Waals surface area (Å²) in [6, 6.07) is 9.09. The Labute approximate surface area is 190 Å². The van der Waals surface area contributed by atoms with Crippen LogP contribution in [0.4, 0.5) is 5.00 Å². The number of amides is 2. The minimum absolute atomic E-state index is 0.0384. The van der Waals surface area contributed by atoms with Crippen molar-refractivity contribution in [1.82, 2.24) is 4.90 Å². The minimum atomic E-state index is -0.337. The van der Waals surface area contributed by atoms with Gasteiger partial charge in [-0.15, -0.1) is 11.3 Å². The van der Waals surface area contributed by atoms with Gasteiger partial charge in [0, 0.05) is 13.1 Å². The molecular weight excluding hydrogens is 428 g/mol. The van der Waals surface area contributed by atoms with Crippen LogP contribution in [0.25, 0.3) is 0 Å². The highest BCUT2D eigenvalue weighted by Gasteiger charge is 2.26. The number of nitrogens with one attached hydrogen (secondary N) is 1. The molecule has 2 aromatic heterocycles. The number of thiophene rings is 1. The fourth-order valence-electron chi connectivity index (χ4n) is 3.75. The molecule has 0 unspecified atom stereocenters. The molecule has 0 saturated heterocycles. The number of carbonyl (C=O) groups excluding carboxylic acids is 2. The predicted octanol–water partition coefficient (Wildman–Crippen LogP) is 4.90. The second-order valence-electron chi connectivity index (χ2n) is 7.46. The molecule has 7 nitrogen and oxygen atoms in total. The Morgan fingerprint density at radius 3 is 2.50 bits per heavy atom. The van der Waals surface area contributed by atoms with Crippen LogP contribution in [0.2, 0.25) is 0 Å². The average Bonchev–Trinajstić information content (AvgIpc) is 3.44. The summed E-state index contributed by atoms with van der Waals surface area (Å²) in [6.07, 6.45) is 2.20. The largest absolute Gasteiger partial charge is 0.490 e. The quantitative estimate of drug-likeness (QED) is 0.549. The lowest BCUT2D eigenvalue weighted by atomic mass is 9.98. The first-order valence-electron chi connectivity index (χ1n) is 10.7. The summed E-state index contributed by atoms with van der Waals surface area (Å²) >= 11 is 1.28. The topological polar surface area (TPSA) is 81.0 Å². The Kier molecular flexibility index (Phi) is 6.50. The normalized spacial score (nSPS) is 12.9. The number of ether oxygens (including phenoxy) is 2. The van der Waals surface area contributed by atoms with E-state index in [0.717, 1.165) is 23.3 Å². The van der Waals surface area contributed by atoms with Gasteiger partial charge < -0.3 is 24.1 Å². The highest BCUT2D eigenvalue weighted by molar-refractivity contribution is 7.18. The first kappa shape index (κ1) is 22.0. The molecular formula is C24H26N2O5S. The monoisotopic (exact) mass is 454 g/mol. The molecule has 0 radical (unpaired) electrons. The van der Waals surface area contributed by atoms with Gasteiger partial charge in [0.25, 0.3) is 11.8 Å². The lowest BCUT2D eigenvalue weighted by Gasteiger charge is -2.29. The van der Waals surface area contributed by atoms with Crippen molar-refractivity contribution in [1.29, 1.82) is 0 Å². The summed E-state index contributed by atoms with van der Waals surface area (Å²) in [5, 5.41) is 3.42. The molecule has 3 aromatic rings. The summed E-state index contributed by atoms with van der Waals surface area (Å²) in [7, 11) is 0. The van der Waals surface area contributed by atoms with Gasteiger partial charge in [0.05, 0.1) is 29.4 Å². The van der Waals surface area contributed by atoms with Crippen LogP contribution in [0.5, 0.6) is 11.5 Å². The van der Waals surface area contributed by atoms with E-state index in [1.807, 2.05) is 43.9 Å². The lowest BCUT2D eigenvalue weighted by Crippen LogP contribution is -2.35. The summed E-state index contributed by atoms with van der Waals surface area (Å²) in [5.74, 6) is 1.31. The number of furan rings is 1. The molecule has 1 aromatic carbocycles. The van der Waals surface area contributed by atoms with Crippen LogP contribution in [0.15, 0.2) is 41.0 Å². The van der Waals surface area contributed by atoms with Gasteiger partial charge in [0.1, 0.15) is 0 Å². The fourth-order valence-corrected chi connectivity index (χ4v) is 4.79. The number of aryl methyl sites for hydroxylation is 1. The molecule has 0 spiro atoms. The molecule has 168 valence electrons. The maximum atomic E-state index is 13.3. The van der Waals surface area contributed by atoms with Crippen LogP contribution < -0.4 is 14.8 Å². The van der Waals surface area contributed by atoms with Crippen LogP contribution in [0, 0.1) is 6.92 Å². The second-order valence-corrected chi connectivity index (χ2v) is 8.52. The molecule has 4 rings (SSSR count). The number of carbonyl (C=O) groups is 2. The van der Waals surface area contributed by atoms with E-state index < -0.39 is 0 Å². The average molecular weight is 455 g/mol. The smallest absolute Gasteiger partial charge is 0.291 e. The third-order valence-corrected chi connectivity index (χ3v) is 6.40. The number of rotatable bonds is 7. The zero-order valence-electron chi connectivity index (χ0n) is 18.4. The predicted molar refractivity (Wildman–Crippen MR) is 123 cm³/mol. The summed E-state index contributed by atoms with van der Waals surface area (Å²) < 4.78 is 16.6. The van der Waals surface area contributed by atoms with Gasteiger partial charge in [-0.25, -0.2) is 0 Å². The summed E-state index contributed by atoms with van der Waals surface area (Å²) in [6.45, 7) is 8.01. The third-order valence-electron chi connectivity index (χ3n) is 5.26. The molecule has 0 atom stereocenters. The number of benzene rings is 1. The van der Waals surface area contributed by atoms with Crippen LogP contribution in [0.3, 0.4) is 0 Å². The van der Waals surface area contributed by atoms with E-state index in [1.165, 1.54) is 23.2 Å². The zero-order valence-corrected chi connectivity index (χ0v) is 19.2. The molecule has 1 aliphatic rings. The van der Waals surface area contributed by atoms with E-state index in [4.69, 9.17) is 13.9 Å². The molecule has 0 saturated carbocycles. The standard InChI is InChI=1S/C24H26N2O5S/c1-4-29-19-12-16-8-9-26(14-17(16)13-20(19)30-5-2)24(28)22-15(3)11-21(32-22)25-23(27)18-7-6-10-31-18/h6-7,10-13H,4-5,8-9,14H2,1-3H3,(H,25,27). The number of anilines is 1. The molecule has 1 N–H and O–H groups in total. The SMILES string of the molecule is CCOc1cc2c(cc1OCC)CN(C(=O)c1sc(NC(=O)c3ccco3)cc1C)CC2. The number of hydrogen-bond donors (Lipinski definition) is 1. The van der Waals surface area contributed by atoms with Gasteiger partial charge in [0.15, 0.2) is 17.3 Å². The highest BCUT2D eigenvalue weighted by Crippen LogP contribution is 2.35. The van der Waals surface area contributed by atoms with Crippen molar-refractivity contribution in [3.63, 3.8) is 0 Å². The number of nitrogens with zero attached hydrogens (tertiary/aromatic N) is 1. The van der Waals surface area contributed by atoms with Gasteiger partial charge in [-0.3, -0.25) is 9.59 Å². The molecule has 0 bridgehead atoms. The summed E-state index contributed by atoms with van der Waals surface area (Å²) in [5.41, 5.74) is 3.08. The Morgan fingerprint density at radius 2 is 1.84 bits per heavy atom. The van der Waals surface area contributed by atoms with Crippen molar-refractivity contribution in [2.24, 2.45) is 0 Å². The molecule has 3 heterocycles. The summed E-state index contributed by atoms with van der Waals surface area (Å²) in [4.78, 5) is 28.0. The molecule has 32 heavy (non-hydrogen) atoms. The second kappa shape index (κ2) is 9.48. The van der Waals surface area contributed by atoms with Crippen LogP contribution >= 0.6 is 11.3 Å². The molecule has 1 aliphatic heterocycles.